The van der Waals surface area contributed by atoms with E-state index in [4.69, 9.17) is 14.6 Å². The number of ether oxygens (including phenoxy) is 2. The van der Waals surface area contributed by atoms with Crippen LogP contribution in [-0.2, 0) is 14.3 Å². The van der Waals surface area contributed by atoms with Crippen LogP contribution >= 0.6 is 0 Å². The summed E-state index contributed by atoms with van der Waals surface area (Å²) >= 11 is 0. The van der Waals surface area contributed by atoms with Crippen LogP contribution in [0.4, 0.5) is 0 Å². The van der Waals surface area contributed by atoms with Gasteiger partial charge < -0.3 is 14.6 Å². The molecule has 0 bridgehead atoms. The Morgan fingerprint density at radius 1 is 1.23 bits per heavy atom. The summed E-state index contributed by atoms with van der Waals surface area (Å²) in [6, 6.07) is 0. The Kier molecular flexibility index (Phi) is 2.51. The first kappa shape index (κ1) is 8.97. The summed E-state index contributed by atoms with van der Waals surface area (Å²) in [5.41, 5.74) is 0. The molecule has 0 aromatic rings. The van der Waals surface area contributed by atoms with Gasteiger partial charge in [-0.3, -0.25) is 4.79 Å². The summed E-state index contributed by atoms with van der Waals surface area (Å²) in [6.45, 7) is 1.30. The molecule has 0 spiro atoms. The van der Waals surface area contributed by atoms with Gasteiger partial charge >= 0.3 is 5.97 Å². The van der Waals surface area contributed by atoms with Crippen molar-refractivity contribution in [1.29, 1.82) is 0 Å². The van der Waals surface area contributed by atoms with Crippen molar-refractivity contribution in [2.24, 2.45) is 5.92 Å². The Balaban J connectivity index is 2.00. The highest BCUT2D eigenvalue weighted by Gasteiger charge is 2.40. The molecule has 0 saturated carbocycles. The molecule has 4 nitrogen and oxygen atoms in total. The van der Waals surface area contributed by atoms with Crippen LogP contribution in [0.1, 0.15) is 19.3 Å². The number of carbonyl (C=O) groups is 1. The molecule has 0 aromatic carbocycles. The molecule has 2 aliphatic heterocycles. The Morgan fingerprint density at radius 3 is 2.69 bits per heavy atom. The van der Waals surface area contributed by atoms with Crippen LogP contribution in [0.5, 0.6) is 0 Å². The molecule has 2 aliphatic rings. The number of hydrogen-bond acceptors (Lipinski definition) is 3. The fourth-order valence-corrected chi connectivity index (χ4v) is 2.10. The predicted molar refractivity (Wildman–Crippen MR) is 44.5 cm³/mol. The summed E-state index contributed by atoms with van der Waals surface area (Å²) in [6.07, 6.45) is 2.40. The van der Waals surface area contributed by atoms with Gasteiger partial charge in [-0.25, -0.2) is 0 Å². The Hall–Kier alpha value is -0.610. The van der Waals surface area contributed by atoms with Crippen molar-refractivity contribution in [3.8, 4) is 0 Å². The van der Waals surface area contributed by atoms with Crippen LogP contribution in [0.15, 0.2) is 0 Å². The standard InChI is InChI=1S/C9H14O4/c10-9(11)6-3-5-13-8(6)7-2-1-4-12-7/h6-8H,1-5H2,(H,10,11). The Labute approximate surface area is 76.8 Å². The highest BCUT2D eigenvalue weighted by molar-refractivity contribution is 5.71. The highest BCUT2D eigenvalue weighted by atomic mass is 16.5. The summed E-state index contributed by atoms with van der Waals surface area (Å²) < 4.78 is 10.8. The second-order valence-electron chi connectivity index (χ2n) is 3.62. The molecule has 0 aromatic heterocycles. The van der Waals surface area contributed by atoms with Gasteiger partial charge in [-0.05, 0) is 19.3 Å². The maximum Gasteiger partial charge on any atom is 0.309 e. The zero-order chi connectivity index (χ0) is 9.26. The zero-order valence-electron chi connectivity index (χ0n) is 7.44. The largest absolute Gasteiger partial charge is 0.481 e. The molecule has 0 aliphatic carbocycles. The minimum Gasteiger partial charge on any atom is -0.481 e. The molecule has 13 heavy (non-hydrogen) atoms. The predicted octanol–water partition coefficient (Wildman–Crippen LogP) is 0.655. The van der Waals surface area contributed by atoms with Gasteiger partial charge in [0.25, 0.3) is 0 Å². The smallest absolute Gasteiger partial charge is 0.309 e. The van der Waals surface area contributed by atoms with Gasteiger partial charge in [0.1, 0.15) is 0 Å². The summed E-state index contributed by atoms with van der Waals surface area (Å²) in [5.74, 6) is -1.11. The van der Waals surface area contributed by atoms with E-state index in [0.717, 1.165) is 19.4 Å². The molecule has 2 rings (SSSR count). The van der Waals surface area contributed by atoms with Crippen molar-refractivity contribution in [2.75, 3.05) is 13.2 Å². The molecule has 0 amide bonds. The van der Waals surface area contributed by atoms with Gasteiger partial charge in [0.15, 0.2) is 0 Å². The van der Waals surface area contributed by atoms with Crippen molar-refractivity contribution in [2.45, 2.75) is 31.5 Å². The number of carboxylic acids is 1. The molecular formula is C9H14O4. The van der Waals surface area contributed by atoms with Gasteiger partial charge in [0, 0.05) is 13.2 Å². The van der Waals surface area contributed by atoms with Crippen LogP contribution < -0.4 is 0 Å². The van der Waals surface area contributed by atoms with E-state index in [-0.39, 0.29) is 18.1 Å². The molecule has 3 unspecified atom stereocenters. The topological polar surface area (TPSA) is 55.8 Å². The maximum absolute atomic E-state index is 10.8. The minimum atomic E-state index is -0.752. The SMILES string of the molecule is O=C(O)C1CCOC1C1CCCO1. The molecular weight excluding hydrogens is 172 g/mol. The van der Waals surface area contributed by atoms with Crippen LogP contribution in [0.3, 0.4) is 0 Å². The van der Waals surface area contributed by atoms with E-state index in [1.165, 1.54) is 0 Å². The van der Waals surface area contributed by atoms with E-state index in [0.29, 0.717) is 13.0 Å². The van der Waals surface area contributed by atoms with E-state index in [9.17, 15) is 4.79 Å². The third-order valence-corrected chi connectivity index (χ3v) is 2.78. The number of hydrogen-bond donors (Lipinski definition) is 1. The Bertz CT molecular complexity index is 198. The van der Waals surface area contributed by atoms with Crippen LogP contribution in [-0.4, -0.2) is 36.5 Å². The van der Waals surface area contributed by atoms with E-state index in [1.54, 1.807) is 0 Å². The van der Waals surface area contributed by atoms with E-state index in [2.05, 4.69) is 0 Å². The minimum absolute atomic E-state index is 0.0172. The van der Waals surface area contributed by atoms with Crippen LogP contribution in [0.25, 0.3) is 0 Å². The first-order valence-corrected chi connectivity index (χ1v) is 4.75. The highest BCUT2D eigenvalue weighted by Crippen LogP contribution is 2.29. The summed E-state index contributed by atoms with van der Waals surface area (Å²) in [4.78, 5) is 10.8. The molecule has 74 valence electrons. The summed E-state index contributed by atoms with van der Waals surface area (Å²) in [7, 11) is 0. The van der Waals surface area contributed by atoms with Crippen molar-refractivity contribution in [3.05, 3.63) is 0 Å². The lowest BCUT2D eigenvalue weighted by Crippen LogP contribution is -2.34. The van der Waals surface area contributed by atoms with E-state index < -0.39 is 5.97 Å². The second kappa shape index (κ2) is 3.64. The number of carboxylic acid groups (broad SMARTS) is 1. The van der Waals surface area contributed by atoms with E-state index in [1.807, 2.05) is 0 Å². The average molecular weight is 186 g/mol. The quantitative estimate of drug-likeness (QED) is 0.688. The molecule has 0 radical (unpaired) electrons. The first-order valence-electron chi connectivity index (χ1n) is 4.75. The van der Waals surface area contributed by atoms with Crippen molar-refractivity contribution in [1.82, 2.24) is 0 Å². The lowest BCUT2D eigenvalue weighted by atomic mass is 9.96. The van der Waals surface area contributed by atoms with Gasteiger partial charge in [-0.2, -0.15) is 0 Å². The maximum atomic E-state index is 10.8. The third-order valence-electron chi connectivity index (χ3n) is 2.78. The van der Waals surface area contributed by atoms with E-state index >= 15 is 0 Å². The lowest BCUT2D eigenvalue weighted by molar-refractivity contribution is -0.146. The van der Waals surface area contributed by atoms with Gasteiger partial charge in [-0.1, -0.05) is 0 Å². The number of rotatable bonds is 2. The molecule has 2 saturated heterocycles. The summed E-state index contributed by atoms with van der Waals surface area (Å²) in [5, 5.41) is 8.91. The van der Waals surface area contributed by atoms with Crippen molar-refractivity contribution < 1.29 is 19.4 Å². The van der Waals surface area contributed by atoms with Crippen molar-refractivity contribution in [3.63, 3.8) is 0 Å². The molecule has 2 fully saturated rings. The monoisotopic (exact) mass is 186 g/mol. The fourth-order valence-electron chi connectivity index (χ4n) is 2.10. The normalized spacial score (nSPS) is 39.5. The molecule has 1 N–H and O–H groups in total. The molecule has 2 heterocycles. The lowest BCUT2D eigenvalue weighted by Gasteiger charge is -2.20. The van der Waals surface area contributed by atoms with Crippen molar-refractivity contribution >= 4 is 5.97 Å². The van der Waals surface area contributed by atoms with Gasteiger partial charge in [-0.15, -0.1) is 0 Å². The third kappa shape index (κ3) is 1.69. The number of aliphatic carboxylic acids is 1. The van der Waals surface area contributed by atoms with Crippen LogP contribution in [0.2, 0.25) is 0 Å². The van der Waals surface area contributed by atoms with Gasteiger partial charge in [0.2, 0.25) is 0 Å². The zero-order valence-corrected chi connectivity index (χ0v) is 7.44. The Morgan fingerprint density at radius 2 is 2.08 bits per heavy atom. The fraction of sp³-hybridized carbons (Fsp3) is 0.889. The molecule has 4 heteroatoms. The van der Waals surface area contributed by atoms with Crippen LogP contribution in [0, 0.1) is 5.92 Å². The van der Waals surface area contributed by atoms with Gasteiger partial charge in [0.05, 0.1) is 18.1 Å². The first-order chi connectivity index (χ1) is 6.29. The second-order valence-corrected chi connectivity index (χ2v) is 3.62. The average Bonchev–Trinajstić information content (AvgIpc) is 2.74. The molecule has 3 atom stereocenters.